The average Bonchev–Trinajstić information content (AvgIpc) is 2.91. The largest absolute Gasteiger partial charge is 0.458 e. The SMILES string of the molecule is CC(=O)OC1COCCC1Nc1ncc2c(Cl)cc(C(C)C(C)(C)F)n2n1. The van der Waals surface area contributed by atoms with Crippen LogP contribution in [0.25, 0.3) is 5.52 Å². The molecule has 0 aromatic carbocycles. The molecule has 3 heterocycles. The summed E-state index contributed by atoms with van der Waals surface area (Å²) in [6.45, 7) is 7.07. The molecule has 0 aliphatic carbocycles. The minimum atomic E-state index is -1.43. The third-order valence-corrected chi connectivity index (χ3v) is 5.21. The summed E-state index contributed by atoms with van der Waals surface area (Å²) in [6, 6.07) is 1.54. The van der Waals surface area contributed by atoms with E-state index in [2.05, 4.69) is 15.4 Å². The fourth-order valence-electron chi connectivity index (χ4n) is 3.07. The van der Waals surface area contributed by atoms with E-state index in [0.29, 0.717) is 41.8 Å². The van der Waals surface area contributed by atoms with E-state index in [0.717, 1.165) is 0 Å². The van der Waals surface area contributed by atoms with Crippen LogP contribution in [0.4, 0.5) is 10.3 Å². The third-order valence-electron chi connectivity index (χ3n) is 4.91. The maximum atomic E-state index is 14.5. The van der Waals surface area contributed by atoms with Crippen molar-refractivity contribution in [2.24, 2.45) is 0 Å². The van der Waals surface area contributed by atoms with Crippen LogP contribution in [0.2, 0.25) is 5.02 Å². The zero-order chi connectivity index (χ0) is 19.8. The molecule has 2 aromatic rings. The number of rotatable bonds is 5. The van der Waals surface area contributed by atoms with E-state index >= 15 is 0 Å². The maximum absolute atomic E-state index is 14.5. The first kappa shape index (κ1) is 19.8. The molecule has 0 bridgehead atoms. The van der Waals surface area contributed by atoms with Crippen molar-refractivity contribution in [2.75, 3.05) is 18.5 Å². The molecule has 1 aliphatic rings. The van der Waals surface area contributed by atoms with Gasteiger partial charge in [-0.2, -0.15) is 0 Å². The Morgan fingerprint density at radius 2 is 2.30 bits per heavy atom. The van der Waals surface area contributed by atoms with Crippen LogP contribution in [-0.2, 0) is 14.3 Å². The average molecular weight is 399 g/mol. The van der Waals surface area contributed by atoms with Gasteiger partial charge in [0.25, 0.3) is 0 Å². The first-order chi connectivity index (χ1) is 12.7. The van der Waals surface area contributed by atoms with Crippen molar-refractivity contribution in [1.29, 1.82) is 0 Å². The number of hydrogen-bond donors (Lipinski definition) is 1. The minimum absolute atomic E-state index is 0.176. The molecule has 27 heavy (non-hydrogen) atoms. The number of esters is 1. The lowest BCUT2D eigenvalue weighted by atomic mass is 9.92. The van der Waals surface area contributed by atoms with Gasteiger partial charge in [-0.25, -0.2) is 13.9 Å². The summed E-state index contributed by atoms with van der Waals surface area (Å²) < 4.78 is 26.8. The molecule has 0 radical (unpaired) electrons. The Labute approximate surface area is 162 Å². The normalized spacial score (nSPS) is 21.9. The summed E-state index contributed by atoms with van der Waals surface area (Å²) in [5.74, 6) is -0.437. The Kier molecular flexibility index (Phi) is 5.58. The summed E-state index contributed by atoms with van der Waals surface area (Å²) >= 11 is 6.28. The lowest BCUT2D eigenvalue weighted by Crippen LogP contribution is -2.44. The van der Waals surface area contributed by atoms with E-state index in [1.54, 1.807) is 23.7 Å². The van der Waals surface area contributed by atoms with E-state index in [1.165, 1.54) is 20.8 Å². The summed E-state index contributed by atoms with van der Waals surface area (Å²) in [6.07, 6.45) is 1.82. The Morgan fingerprint density at radius 3 is 2.96 bits per heavy atom. The Balaban J connectivity index is 1.90. The van der Waals surface area contributed by atoms with Crippen LogP contribution in [0.15, 0.2) is 12.3 Å². The molecule has 0 saturated carbocycles. The number of aromatic nitrogens is 3. The second-order valence-corrected chi connectivity index (χ2v) is 7.75. The van der Waals surface area contributed by atoms with Crippen LogP contribution in [-0.4, -0.2) is 51.6 Å². The van der Waals surface area contributed by atoms with E-state index < -0.39 is 17.7 Å². The van der Waals surface area contributed by atoms with Crippen molar-refractivity contribution >= 4 is 29.0 Å². The van der Waals surface area contributed by atoms with Gasteiger partial charge >= 0.3 is 5.97 Å². The van der Waals surface area contributed by atoms with Crippen LogP contribution in [0.1, 0.15) is 45.7 Å². The molecule has 0 amide bonds. The van der Waals surface area contributed by atoms with Gasteiger partial charge in [0.2, 0.25) is 5.95 Å². The topological polar surface area (TPSA) is 77.8 Å². The van der Waals surface area contributed by atoms with Crippen LogP contribution in [0.5, 0.6) is 0 Å². The number of fused-ring (bicyclic) bond motifs is 1. The molecule has 3 rings (SSSR count). The second-order valence-electron chi connectivity index (χ2n) is 7.34. The predicted octanol–water partition coefficient (Wildman–Crippen LogP) is 3.37. The van der Waals surface area contributed by atoms with E-state index in [1.807, 2.05) is 0 Å². The number of halogens is 2. The van der Waals surface area contributed by atoms with Gasteiger partial charge in [-0.15, -0.1) is 5.10 Å². The highest BCUT2D eigenvalue weighted by Crippen LogP contribution is 2.34. The number of carbonyl (C=O) groups is 1. The van der Waals surface area contributed by atoms with Crippen molar-refractivity contribution in [3.63, 3.8) is 0 Å². The van der Waals surface area contributed by atoms with Crippen LogP contribution in [0, 0.1) is 0 Å². The highest BCUT2D eigenvalue weighted by atomic mass is 35.5. The number of nitrogens with zero attached hydrogens (tertiary/aromatic N) is 3. The lowest BCUT2D eigenvalue weighted by molar-refractivity contribution is -0.153. The first-order valence-corrected chi connectivity index (χ1v) is 9.29. The van der Waals surface area contributed by atoms with Crippen molar-refractivity contribution in [3.05, 3.63) is 23.0 Å². The molecule has 3 atom stereocenters. The fourth-order valence-corrected chi connectivity index (χ4v) is 3.31. The highest BCUT2D eigenvalue weighted by Gasteiger charge is 2.31. The van der Waals surface area contributed by atoms with Gasteiger partial charge in [-0.3, -0.25) is 4.79 Å². The summed E-state index contributed by atoms with van der Waals surface area (Å²) in [5.41, 5.74) is -0.162. The minimum Gasteiger partial charge on any atom is -0.458 e. The molecule has 1 aliphatic heterocycles. The number of carbonyl (C=O) groups excluding carboxylic acids is 1. The van der Waals surface area contributed by atoms with Crippen LogP contribution in [0.3, 0.4) is 0 Å². The standard InChI is InChI=1S/C18H24ClFN4O3/c1-10(18(3,4)20)14-7-12(19)15-8-21-17(23-24(14)15)22-13-5-6-26-9-16(13)27-11(2)25/h7-8,10,13,16H,5-6,9H2,1-4H3,(H,22,23). The highest BCUT2D eigenvalue weighted by molar-refractivity contribution is 6.34. The molecule has 148 valence electrons. The van der Waals surface area contributed by atoms with E-state index in [9.17, 15) is 9.18 Å². The summed E-state index contributed by atoms with van der Waals surface area (Å²) in [5, 5.41) is 8.17. The van der Waals surface area contributed by atoms with Gasteiger partial charge in [0, 0.05) is 19.4 Å². The molecule has 1 N–H and O–H groups in total. The Hall–Kier alpha value is -1.93. The van der Waals surface area contributed by atoms with Gasteiger partial charge in [0.15, 0.2) is 0 Å². The van der Waals surface area contributed by atoms with E-state index in [-0.39, 0.29) is 12.0 Å². The number of anilines is 1. The third kappa shape index (κ3) is 4.32. The van der Waals surface area contributed by atoms with Gasteiger partial charge in [-0.1, -0.05) is 18.5 Å². The smallest absolute Gasteiger partial charge is 0.303 e. The van der Waals surface area contributed by atoms with Gasteiger partial charge in [0.05, 0.1) is 29.6 Å². The van der Waals surface area contributed by atoms with Crippen molar-refractivity contribution in [1.82, 2.24) is 14.6 Å². The summed E-state index contributed by atoms with van der Waals surface area (Å²) in [7, 11) is 0. The Morgan fingerprint density at radius 1 is 1.56 bits per heavy atom. The molecule has 0 spiro atoms. The van der Waals surface area contributed by atoms with Crippen LogP contribution < -0.4 is 5.32 Å². The van der Waals surface area contributed by atoms with Gasteiger partial charge in [0.1, 0.15) is 17.3 Å². The lowest BCUT2D eigenvalue weighted by Gasteiger charge is -2.31. The molecule has 3 unspecified atom stereocenters. The zero-order valence-electron chi connectivity index (χ0n) is 15.8. The van der Waals surface area contributed by atoms with E-state index in [4.69, 9.17) is 21.1 Å². The Bertz CT molecular complexity index is 836. The molecule has 9 heteroatoms. The summed E-state index contributed by atoms with van der Waals surface area (Å²) in [4.78, 5) is 15.6. The molecule has 2 aromatic heterocycles. The van der Waals surface area contributed by atoms with Crippen molar-refractivity contribution < 1.29 is 18.7 Å². The first-order valence-electron chi connectivity index (χ1n) is 8.91. The molecule has 1 saturated heterocycles. The quantitative estimate of drug-likeness (QED) is 0.778. The van der Waals surface area contributed by atoms with Crippen LogP contribution >= 0.6 is 11.6 Å². The number of nitrogens with one attached hydrogen (secondary N) is 1. The predicted molar refractivity (Wildman–Crippen MR) is 100.0 cm³/mol. The molecule has 7 nitrogen and oxygen atoms in total. The van der Waals surface area contributed by atoms with Crippen molar-refractivity contribution in [2.45, 2.75) is 57.8 Å². The number of hydrogen-bond acceptors (Lipinski definition) is 6. The second kappa shape index (κ2) is 7.59. The van der Waals surface area contributed by atoms with Crippen molar-refractivity contribution in [3.8, 4) is 0 Å². The molecular weight excluding hydrogens is 375 g/mol. The maximum Gasteiger partial charge on any atom is 0.303 e. The fraction of sp³-hybridized carbons (Fsp3) is 0.611. The number of alkyl halides is 1. The zero-order valence-corrected chi connectivity index (χ0v) is 16.6. The molecule has 1 fully saturated rings. The van der Waals surface area contributed by atoms with Gasteiger partial charge < -0.3 is 14.8 Å². The van der Waals surface area contributed by atoms with Gasteiger partial charge in [-0.05, 0) is 26.3 Å². The number of ether oxygens (including phenoxy) is 2. The monoisotopic (exact) mass is 398 g/mol. The molecular formula is C18H24ClFN4O3.